The van der Waals surface area contributed by atoms with Crippen molar-refractivity contribution in [3.05, 3.63) is 34.3 Å². The fourth-order valence-electron chi connectivity index (χ4n) is 1.58. The van der Waals surface area contributed by atoms with Crippen LogP contribution in [0.3, 0.4) is 0 Å². The number of nitrogens with zero attached hydrogens (tertiary/aromatic N) is 1. The normalized spacial score (nSPS) is 10.4. The number of halogens is 1. The maximum atomic E-state index is 12.1. The predicted octanol–water partition coefficient (Wildman–Crippen LogP) is -0.0956. The lowest BCUT2D eigenvalue weighted by atomic mass is 10.1. The zero-order chi connectivity index (χ0) is 14.4. The van der Waals surface area contributed by atoms with Crippen molar-refractivity contribution in [2.24, 2.45) is 11.5 Å². The van der Waals surface area contributed by atoms with E-state index >= 15 is 0 Å². The van der Waals surface area contributed by atoms with Crippen molar-refractivity contribution in [3.63, 3.8) is 0 Å². The van der Waals surface area contributed by atoms with Gasteiger partial charge in [0, 0.05) is 10.0 Å². The Labute approximate surface area is 118 Å². The van der Waals surface area contributed by atoms with Gasteiger partial charge in [-0.15, -0.1) is 0 Å². The molecule has 0 saturated heterocycles. The highest BCUT2D eigenvalue weighted by molar-refractivity contribution is 9.10. The molecule has 7 heteroatoms. The standard InChI is InChI=1S/C12H14BrN3O3/c13-9-4-2-1-3-8(9)10(17)5-16(6-11(14)18)7-12(15)19/h1-4H,5-7H2,(H2,14,18)(H2,15,19). The molecule has 0 aliphatic rings. The second-order valence-corrected chi connectivity index (χ2v) is 4.84. The van der Waals surface area contributed by atoms with Gasteiger partial charge in [-0.2, -0.15) is 0 Å². The Bertz CT molecular complexity index is 489. The molecule has 2 amide bonds. The van der Waals surface area contributed by atoms with Gasteiger partial charge in [-0.25, -0.2) is 0 Å². The first-order chi connectivity index (χ1) is 8.90. The summed E-state index contributed by atoms with van der Waals surface area (Å²) in [7, 11) is 0. The van der Waals surface area contributed by atoms with Crippen molar-refractivity contribution >= 4 is 33.5 Å². The monoisotopic (exact) mass is 327 g/mol. The Morgan fingerprint density at radius 2 is 1.53 bits per heavy atom. The molecule has 1 aromatic rings. The van der Waals surface area contributed by atoms with Crippen LogP contribution in [0.4, 0.5) is 0 Å². The molecule has 0 spiro atoms. The van der Waals surface area contributed by atoms with Crippen LogP contribution in [0.5, 0.6) is 0 Å². The Kier molecular flexibility index (Phi) is 5.65. The van der Waals surface area contributed by atoms with E-state index in [0.717, 1.165) is 0 Å². The predicted molar refractivity (Wildman–Crippen MR) is 73.3 cm³/mol. The summed E-state index contributed by atoms with van der Waals surface area (Å²) >= 11 is 3.27. The third kappa shape index (κ3) is 5.19. The summed E-state index contributed by atoms with van der Waals surface area (Å²) in [5.74, 6) is -1.47. The molecular weight excluding hydrogens is 314 g/mol. The average molecular weight is 328 g/mol. The van der Waals surface area contributed by atoms with Crippen molar-refractivity contribution in [2.45, 2.75) is 0 Å². The van der Waals surface area contributed by atoms with Crippen LogP contribution in [0.2, 0.25) is 0 Å². The van der Waals surface area contributed by atoms with E-state index in [4.69, 9.17) is 11.5 Å². The fourth-order valence-corrected chi connectivity index (χ4v) is 2.09. The minimum Gasteiger partial charge on any atom is -0.369 e. The van der Waals surface area contributed by atoms with Gasteiger partial charge in [-0.3, -0.25) is 19.3 Å². The third-order valence-electron chi connectivity index (χ3n) is 2.30. The van der Waals surface area contributed by atoms with Gasteiger partial charge in [-0.1, -0.05) is 34.1 Å². The maximum absolute atomic E-state index is 12.1. The zero-order valence-corrected chi connectivity index (χ0v) is 11.7. The molecule has 4 N–H and O–H groups in total. The number of benzene rings is 1. The Morgan fingerprint density at radius 1 is 1.00 bits per heavy atom. The fraction of sp³-hybridized carbons (Fsp3) is 0.250. The van der Waals surface area contributed by atoms with Gasteiger partial charge < -0.3 is 11.5 Å². The van der Waals surface area contributed by atoms with E-state index in [2.05, 4.69) is 15.9 Å². The van der Waals surface area contributed by atoms with Gasteiger partial charge in [0.15, 0.2) is 5.78 Å². The highest BCUT2D eigenvalue weighted by Crippen LogP contribution is 2.16. The lowest BCUT2D eigenvalue weighted by molar-refractivity contribution is -0.121. The Morgan fingerprint density at radius 3 is 2.00 bits per heavy atom. The Hall–Kier alpha value is -1.73. The highest BCUT2D eigenvalue weighted by Gasteiger charge is 2.17. The molecule has 0 aliphatic heterocycles. The van der Waals surface area contributed by atoms with Crippen LogP contribution in [0.1, 0.15) is 10.4 Å². The van der Waals surface area contributed by atoms with E-state index < -0.39 is 11.8 Å². The molecular formula is C12H14BrN3O3. The molecule has 0 aliphatic carbocycles. The van der Waals surface area contributed by atoms with Crippen molar-refractivity contribution in [2.75, 3.05) is 19.6 Å². The number of nitrogens with two attached hydrogens (primary N) is 2. The second kappa shape index (κ2) is 7.01. The lowest BCUT2D eigenvalue weighted by Crippen LogP contribution is -2.42. The van der Waals surface area contributed by atoms with Gasteiger partial charge >= 0.3 is 0 Å². The summed E-state index contributed by atoms with van der Waals surface area (Å²) < 4.78 is 0.651. The van der Waals surface area contributed by atoms with Gasteiger partial charge in [0.1, 0.15) is 0 Å². The molecule has 6 nitrogen and oxygen atoms in total. The molecule has 0 fully saturated rings. The topological polar surface area (TPSA) is 106 Å². The van der Waals surface area contributed by atoms with Crippen LogP contribution in [0.15, 0.2) is 28.7 Å². The number of rotatable bonds is 7. The van der Waals surface area contributed by atoms with Crippen molar-refractivity contribution in [1.29, 1.82) is 0 Å². The first kappa shape index (κ1) is 15.3. The van der Waals surface area contributed by atoms with Crippen LogP contribution in [0.25, 0.3) is 0 Å². The summed E-state index contributed by atoms with van der Waals surface area (Å²) in [5.41, 5.74) is 10.6. The summed E-state index contributed by atoms with van der Waals surface area (Å²) in [4.78, 5) is 35.1. The number of Topliss-reactive ketones (excluding diaryl/α,β-unsaturated/α-hetero) is 1. The number of amides is 2. The molecule has 0 heterocycles. The van der Waals surface area contributed by atoms with Crippen molar-refractivity contribution in [1.82, 2.24) is 4.90 Å². The molecule has 1 aromatic carbocycles. The summed E-state index contributed by atoms with van der Waals surface area (Å²) in [6, 6.07) is 6.90. The van der Waals surface area contributed by atoms with E-state index in [-0.39, 0.29) is 25.4 Å². The van der Waals surface area contributed by atoms with Crippen LogP contribution in [-0.4, -0.2) is 42.1 Å². The van der Waals surface area contributed by atoms with Gasteiger partial charge in [0.05, 0.1) is 19.6 Å². The first-order valence-electron chi connectivity index (χ1n) is 5.47. The van der Waals surface area contributed by atoms with Gasteiger partial charge in [0.25, 0.3) is 0 Å². The molecule has 102 valence electrons. The lowest BCUT2D eigenvalue weighted by Gasteiger charge is -2.18. The third-order valence-corrected chi connectivity index (χ3v) is 2.99. The molecule has 0 saturated carbocycles. The van der Waals surface area contributed by atoms with E-state index in [1.165, 1.54) is 4.90 Å². The van der Waals surface area contributed by atoms with Gasteiger partial charge in [-0.05, 0) is 6.07 Å². The SMILES string of the molecule is NC(=O)CN(CC(N)=O)CC(=O)c1ccccc1Br. The smallest absolute Gasteiger partial charge is 0.231 e. The summed E-state index contributed by atoms with van der Waals surface area (Å²) in [6.07, 6.45) is 0. The zero-order valence-electron chi connectivity index (χ0n) is 10.1. The molecule has 1 rings (SSSR count). The molecule has 0 bridgehead atoms. The minimum atomic E-state index is -0.624. The van der Waals surface area contributed by atoms with E-state index in [0.29, 0.717) is 10.0 Å². The molecule has 0 unspecified atom stereocenters. The van der Waals surface area contributed by atoms with E-state index in [9.17, 15) is 14.4 Å². The number of hydrogen-bond donors (Lipinski definition) is 2. The van der Waals surface area contributed by atoms with Crippen LogP contribution < -0.4 is 11.5 Å². The largest absolute Gasteiger partial charge is 0.369 e. The van der Waals surface area contributed by atoms with Crippen LogP contribution in [0, 0.1) is 0 Å². The summed E-state index contributed by atoms with van der Waals surface area (Å²) in [6.45, 7) is -0.493. The quantitative estimate of drug-likeness (QED) is 0.682. The van der Waals surface area contributed by atoms with E-state index in [1.807, 2.05) is 0 Å². The minimum absolute atomic E-state index is 0.103. The first-order valence-corrected chi connectivity index (χ1v) is 6.26. The van der Waals surface area contributed by atoms with Crippen LogP contribution in [-0.2, 0) is 9.59 Å². The van der Waals surface area contributed by atoms with Crippen LogP contribution >= 0.6 is 15.9 Å². The molecule has 0 atom stereocenters. The molecule has 0 aromatic heterocycles. The maximum Gasteiger partial charge on any atom is 0.231 e. The number of carbonyl (C=O) groups excluding carboxylic acids is 3. The number of carbonyl (C=O) groups is 3. The van der Waals surface area contributed by atoms with Crippen molar-refractivity contribution in [3.8, 4) is 0 Å². The van der Waals surface area contributed by atoms with Gasteiger partial charge in [0.2, 0.25) is 11.8 Å². The van der Waals surface area contributed by atoms with E-state index in [1.54, 1.807) is 24.3 Å². The Balaban J connectivity index is 2.78. The highest BCUT2D eigenvalue weighted by atomic mass is 79.9. The number of hydrogen-bond acceptors (Lipinski definition) is 4. The molecule has 19 heavy (non-hydrogen) atoms. The number of ketones is 1. The summed E-state index contributed by atoms with van der Waals surface area (Å²) in [5, 5.41) is 0. The molecule has 0 radical (unpaired) electrons. The second-order valence-electron chi connectivity index (χ2n) is 3.98. The van der Waals surface area contributed by atoms with Crippen molar-refractivity contribution < 1.29 is 14.4 Å². The number of primary amides is 2. The average Bonchev–Trinajstić information content (AvgIpc) is 2.27.